The summed E-state index contributed by atoms with van der Waals surface area (Å²) >= 11 is 5.90. The van der Waals surface area contributed by atoms with Gasteiger partial charge in [0.05, 0.1) is 6.61 Å². The molecule has 1 fully saturated rings. The number of benzene rings is 1. The second-order valence-corrected chi connectivity index (χ2v) is 6.50. The van der Waals surface area contributed by atoms with Crippen LogP contribution in [0.5, 0.6) is 5.75 Å². The summed E-state index contributed by atoms with van der Waals surface area (Å²) in [4.78, 5) is 14.2. The number of methoxy groups -OCH3 is 1. The standard InChI is InChI=1S/C17H24ClNO4/c1-22-9-7-17(13-20)6-3-8-19(12-17)16(21)11-23-15-5-2-4-14(18)10-15/h2,4-5,10,20H,3,6-9,11-13H2,1H3. The average Bonchev–Trinajstić information content (AvgIpc) is 2.58. The molecule has 1 aliphatic heterocycles. The lowest BCUT2D eigenvalue weighted by Gasteiger charge is -2.41. The SMILES string of the molecule is COCCC1(CO)CCCN(C(=O)COc2cccc(Cl)c2)C1. The number of carbonyl (C=O) groups is 1. The molecule has 5 nitrogen and oxygen atoms in total. The summed E-state index contributed by atoms with van der Waals surface area (Å²) in [7, 11) is 1.65. The van der Waals surface area contributed by atoms with E-state index in [-0.39, 0.29) is 24.5 Å². The Morgan fingerprint density at radius 3 is 3.00 bits per heavy atom. The molecule has 128 valence electrons. The minimum absolute atomic E-state index is 0.0217. The van der Waals surface area contributed by atoms with Crippen molar-refractivity contribution in [1.82, 2.24) is 4.90 Å². The molecule has 2 rings (SSSR count). The average molecular weight is 342 g/mol. The Kier molecular flexibility index (Phi) is 6.69. The molecule has 0 spiro atoms. The first-order valence-corrected chi connectivity index (χ1v) is 8.22. The number of halogens is 1. The molecule has 1 N–H and O–H groups in total. The zero-order chi connectivity index (χ0) is 16.7. The Labute approximate surface area is 142 Å². The van der Waals surface area contributed by atoms with E-state index in [4.69, 9.17) is 21.1 Å². The van der Waals surface area contributed by atoms with Crippen LogP contribution in [0, 0.1) is 5.41 Å². The van der Waals surface area contributed by atoms with Crippen LogP contribution in [0.4, 0.5) is 0 Å². The molecular weight excluding hydrogens is 318 g/mol. The van der Waals surface area contributed by atoms with E-state index < -0.39 is 0 Å². The Morgan fingerprint density at radius 2 is 2.30 bits per heavy atom. The lowest BCUT2D eigenvalue weighted by atomic mass is 9.78. The summed E-state index contributed by atoms with van der Waals surface area (Å²) in [6.45, 7) is 1.88. The van der Waals surface area contributed by atoms with Crippen molar-refractivity contribution in [3.05, 3.63) is 29.3 Å². The zero-order valence-corrected chi connectivity index (χ0v) is 14.2. The third kappa shape index (κ3) is 5.09. The van der Waals surface area contributed by atoms with Crippen LogP contribution in [0.2, 0.25) is 5.02 Å². The first-order chi connectivity index (χ1) is 11.1. The van der Waals surface area contributed by atoms with Crippen LogP contribution in [-0.4, -0.2) is 55.9 Å². The molecule has 1 heterocycles. The maximum atomic E-state index is 12.4. The number of aliphatic hydroxyl groups is 1. The maximum Gasteiger partial charge on any atom is 0.260 e. The molecule has 1 unspecified atom stereocenters. The molecule has 6 heteroatoms. The van der Waals surface area contributed by atoms with Crippen LogP contribution in [0.3, 0.4) is 0 Å². The predicted molar refractivity (Wildman–Crippen MR) is 88.8 cm³/mol. The summed E-state index contributed by atoms with van der Waals surface area (Å²) in [6, 6.07) is 6.99. The molecule has 0 aliphatic carbocycles. The highest BCUT2D eigenvalue weighted by Gasteiger charge is 2.36. The van der Waals surface area contributed by atoms with E-state index in [1.807, 2.05) is 0 Å². The lowest BCUT2D eigenvalue weighted by molar-refractivity contribution is -0.138. The minimum Gasteiger partial charge on any atom is -0.484 e. The summed E-state index contributed by atoms with van der Waals surface area (Å²) in [6.07, 6.45) is 2.54. The van der Waals surface area contributed by atoms with E-state index in [1.54, 1.807) is 36.3 Å². The van der Waals surface area contributed by atoms with E-state index in [9.17, 15) is 9.90 Å². The second-order valence-electron chi connectivity index (χ2n) is 6.07. The number of rotatable bonds is 7. The molecule has 0 bridgehead atoms. The third-order valence-electron chi connectivity index (χ3n) is 4.34. The van der Waals surface area contributed by atoms with Gasteiger partial charge in [0.2, 0.25) is 0 Å². The minimum atomic E-state index is -0.264. The number of ether oxygens (including phenoxy) is 2. The van der Waals surface area contributed by atoms with Crippen LogP contribution in [0.15, 0.2) is 24.3 Å². The van der Waals surface area contributed by atoms with Crippen molar-refractivity contribution in [3.8, 4) is 5.75 Å². The van der Waals surface area contributed by atoms with Gasteiger partial charge >= 0.3 is 0 Å². The number of likely N-dealkylation sites (tertiary alicyclic amines) is 1. The Morgan fingerprint density at radius 1 is 1.48 bits per heavy atom. The number of hydrogen-bond donors (Lipinski definition) is 1. The molecule has 1 aliphatic rings. The molecule has 1 saturated heterocycles. The summed E-state index contributed by atoms with van der Waals surface area (Å²) in [5.41, 5.74) is -0.264. The number of amides is 1. The number of hydrogen-bond acceptors (Lipinski definition) is 4. The normalized spacial score (nSPS) is 21.3. The van der Waals surface area contributed by atoms with Crippen molar-refractivity contribution < 1.29 is 19.4 Å². The van der Waals surface area contributed by atoms with Crippen molar-refractivity contribution in [2.24, 2.45) is 5.41 Å². The molecule has 1 aromatic carbocycles. The van der Waals surface area contributed by atoms with Crippen molar-refractivity contribution in [1.29, 1.82) is 0 Å². The van der Waals surface area contributed by atoms with Gasteiger partial charge in [-0.2, -0.15) is 0 Å². The van der Waals surface area contributed by atoms with Gasteiger partial charge in [-0.15, -0.1) is 0 Å². The van der Waals surface area contributed by atoms with Crippen LogP contribution >= 0.6 is 11.6 Å². The number of nitrogens with zero attached hydrogens (tertiary/aromatic N) is 1. The van der Waals surface area contributed by atoms with E-state index in [0.29, 0.717) is 30.5 Å². The summed E-state index contributed by atoms with van der Waals surface area (Å²) < 4.78 is 10.7. The second kappa shape index (κ2) is 8.52. The van der Waals surface area contributed by atoms with Crippen molar-refractivity contribution in [3.63, 3.8) is 0 Å². The van der Waals surface area contributed by atoms with Gasteiger partial charge in [-0.05, 0) is 37.5 Å². The summed E-state index contributed by atoms with van der Waals surface area (Å²) in [5, 5.41) is 10.3. The highest BCUT2D eigenvalue weighted by atomic mass is 35.5. The fourth-order valence-corrected chi connectivity index (χ4v) is 3.12. The smallest absolute Gasteiger partial charge is 0.260 e. The molecule has 1 aromatic rings. The van der Waals surface area contributed by atoms with Crippen LogP contribution < -0.4 is 4.74 Å². The number of carbonyl (C=O) groups excluding carboxylic acids is 1. The van der Waals surface area contributed by atoms with Gasteiger partial charge in [0.15, 0.2) is 6.61 Å². The summed E-state index contributed by atoms with van der Waals surface area (Å²) in [5.74, 6) is 0.510. The predicted octanol–water partition coefficient (Wildman–Crippen LogP) is 2.36. The monoisotopic (exact) mass is 341 g/mol. The quantitative estimate of drug-likeness (QED) is 0.827. The first kappa shape index (κ1) is 18.0. The van der Waals surface area contributed by atoms with E-state index in [2.05, 4.69) is 0 Å². The van der Waals surface area contributed by atoms with Crippen molar-refractivity contribution in [2.75, 3.05) is 40.0 Å². The van der Waals surface area contributed by atoms with E-state index in [0.717, 1.165) is 19.3 Å². The van der Waals surface area contributed by atoms with Gasteiger partial charge in [-0.25, -0.2) is 0 Å². The molecule has 1 atom stereocenters. The Balaban J connectivity index is 1.90. The van der Waals surface area contributed by atoms with Crippen molar-refractivity contribution >= 4 is 17.5 Å². The van der Waals surface area contributed by atoms with Crippen LogP contribution in [0.1, 0.15) is 19.3 Å². The molecule has 1 amide bonds. The number of aliphatic hydroxyl groups excluding tert-OH is 1. The first-order valence-electron chi connectivity index (χ1n) is 7.84. The zero-order valence-electron chi connectivity index (χ0n) is 13.5. The number of piperidine rings is 1. The van der Waals surface area contributed by atoms with E-state index >= 15 is 0 Å². The molecule has 0 saturated carbocycles. The topological polar surface area (TPSA) is 59.0 Å². The van der Waals surface area contributed by atoms with Gasteiger partial charge in [0, 0.05) is 37.2 Å². The van der Waals surface area contributed by atoms with Gasteiger partial charge in [0.25, 0.3) is 5.91 Å². The molecular formula is C17H24ClNO4. The van der Waals surface area contributed by atoms with Gasteiger partial charge in [-0.1, -0.05) is 17.7 Å². The highest BCUT2D eigenvalue weighted by Crippen LogP contribution is 2.33. The molecule has 23 heavy (non-hydrogen) atoms. The van der Waals surface area contributed by atoms with Crippen LogP contribution in [-0.2, 0) is 9.53 Å². The largest absolute Gasteiger partial charge is 0.484 e. The Bertz CT molecular complexity index is 525. The fraction of sp³-hybridized carbons (Fsp3) is 0.588. The van der Waals surface area contributed by atoms with Gasteiger partial charge in [-0.3, -0.25) is 4.79 Å². The van der Waals surface area contributed by atoms with Crippen LogP contribution in [0.25, 0.3) is 0 Å². The third-order valence-corrected chi connectivity index (χ3v) is 4.58. The maximum absolute atomic E-state index is 12.4. The van der Waals surface area contributed by atoms with Crippen molar-refractivity contribution in [2.45, 2.75) is 19.3 Å². The lowest BCUT2D eigenvalue weighted by Crippen LogP contribution is -2.49. The highest BCUT2D eigenvalue weighted by molar-refractivity contribution is 6.30. The molecule has 0 aromatic heterocycles. The fourth-order valence-electron chi connectivity index (χ4n) is 2.94. The van der Waals surface area contributed by atoms with E-state index in [1.165, 1.54) is 0 Å². The van der Waals surface area contributed by atoms with Gasteiger partial charge in [0.1, 0.15) is 5.75 Å². The molecule has 0 radical (unpaired) electrons. The Hall–Kier alpha value is -1.30. The van der Waals surface area contributed by atoms with Gasteiger partial charge < -0.3 is 19.5 Å².